The Hall–Kier alpha value is -2.14. The van der Waals surface area contributed by atoms with Crippen LogP contribution in [-0.4, -0.2) is 41.0 Å². The van der Waals surface area contributed by atoms with Crippen LogP contribution in [0.3, 0.4) is 0 Å². The van der Waals surface area contributed by atoms with E-state index in [4.69, 9.17) is 5.73 Å². The number of nitrogen functional groups attached to an aromatic ring is 1. The number of aromatic nitrogens is 2. The van der Waals surface area contributed by atoms with Crippen LogP contribution in [0.2, 0.25) is 0 Å². The van der Waals surface area contributed by atoms with E-state index < -0.39 is 0 Å². The molecule has 2 saturated heterocycles. The quantitative estimate of drug-likeness (QED) is 0.906. The van der Waals surface area contributed by atoms with Crippen LogP contribution >= 0.6 is 0 Å². The molecule has 1 aromatic carbocycles. The van der Waals surface area contributed by atoms with Crippen LogP contribution < -0.4 is 10.6 Å². The summed E-state index contributed by atoms with van der Waals surface area (Å²) in [5, 5.41) is 0. The lowest BCUT2D eigenvalue weighted by Crippen LogP contribution is -2.32. The Morgan fingerprint density at radius 1 is 0.885 bits per heavy atom. The van der Waals surface area contributed by atoms with Gasteiger partial charge in [0.25, 0.3) is 0 Å². The van der Waals surface area contributed by atoms with E-state index in [9.17, 15) is 0 Å². The van der Waals surface area contributed by atoms with Gasteiger partial charge in [-0.3, -0.25) is 4.90 Å². The highest BCUT2D eigenvalue weighted by molar-refractivity contribution is 5.65. The average molecular weight is 351 g/mol. The van der Waals surface area contributed by atoms with Crippen molar-refractivity contribution in [2.45, 2.75) is 45.1 Å². The summed E-state index contributed by atoms with van der Waals surface area (Å²) in [5.74, 6) is 1.31. The largest absolute Gasteiger partial charge is 0.368 e. The Bertz CT molecular complexity index is 731. The first-order chi connectivity index (χ1) is 12.7. The zero-order chi connectivity index (χ0) is 17.9. The molecule has 0 bridgehead atoms. The summed E-state index contributed by atoms with van der Waals surface area (Å²) in [6.45, 7) is 6.86. The van der Waals surface area contributed by atoms with Gasteiger partial charge in [0, 0.05) is 30.8 Å². The van der Waals surface area contributed by atoms with Gasteiger partial charge in [-0.25, -0.2) is 4.98 Å². The molecule has 1 atom stereocenters. The van der Waals surface area contributed by atoms with E-state index in [0.29, 0.717) is 12.0 Å². The van der Waals surface area contributed by atoms with E-state index >= 15 is 0 Å². The van der Waals surface area contributed by atoms with Crippen molar-refractivity contribution in [1.82, 2.24) is 14.9 Å². The minimum absolute atomic E-state index is 0.357. The zero-order valence-corrected chi connectivity index (χ0v) is 15.7. The summed E-state index contributed by atoms with van der Waals surface area (Å²) in [5.41, 5.74) is 9.38. The molecule has 4 rings (SSSR count). The summed E-state index contributed by atoms with van der Waals surface area (Å²) in [4.78, 5) is 13.8. The van der Waals surface area contributed by atoms with E-state index in [-0.39, 0.29) is 0 Å². The summed E-state index contributed by atoms with van der Waals surface area (Å²) >= 11 is 0. The molecule has 0 saturated carbocycles. The van der Waals surface area contributed by atoms with Crippen LogP contribution in [0.5, 0.6) is 0 Å². The number of anilines is 2. The van der Waals surface area contributed by atoms with Crippen LogP contribution in [0.1, 0.15) is 50.6 Å². The fourth-order valence-electron chi connectivity index (χ4n) is 4.16. The molecular formula is C21H29N5. The first-order valence-electron chi connectivity index (χ1n) is 9.94. The van der Waals surface area contributed by atoms with Crippen LogP contribution in [0.4, 0.5) is 11.8 Å². The summed E-state index contributed by atoms with van der Waals surface area (Å²) in [7, 11) is 0. The average Bonchev–Trinajstić information content (AvgIpc) is 3.23. The molecule has 2 N–H and O–H groups in total. The number of nitrogens with zero attached hydrogens (tertiary/aromatic N) is 4. The second-order valence-electron chi connectivity index (χ2n) is 7.56. The molecule has 5 nitrogen and oxygen atoms in total. The molecule has 0 aliphatic carbocycles. The third-order valence-electron chi connectivity index (χ3n) is 5.79. The van der Waals surface area contributed by atoms with Crippen molar-refractivity contribution in [3.8, 4) is 11.3 Å². The number of likely N-dealkylation sites (tertiary alicyclic amines) is 1. The van der Waals surface area contributed by atoms with Gasteiger partial charge >= 0.3 is 0 Å². The third-order valence-corrected chi connectivity index (χ3v) is 5.79. The van der Waals surface area contributed by atoms with Crippen molar-refractivity contribution in [2.24, 2.45) is 0 Å². The zero-order valence-electron chi connectivity index (χ0n) is 15.7. The van der Waals surface area contributed by atoms with E-state index in [0.717, 1.165) is 30.2 Å². The number of rotatable bonds is 4. The Kier molecular flexibility index (Phi) is 5.07. The minimum Gasteiger partial charge on any atom is -0.368 e. The fraction of sp³-hybridized carbons (Fsp3) is 0.524. The van der Waals surface area contributed by atoms with Gasteiger partial charge in [-0.15, -0.1) is 0 Å². The van der Waals surface area contributed by atoms with E-state index in [1.807, 2.05) is 0 Å². The monoisotopic (exact) mass is 351 g/mol. The second kappa shape index (κ2) is 7.62. The van der Waals surface area contributed by atoms with Gasteiger partial charge in [0.05, 0.1) is 5.69 Å². The first-order valence-corrected chi connectivity index (χ1v) is 9.94. The Morgan fingerprint density at radius 3 is 2.23 bits per heavy atom. The Labute approximate surface area is 156 Å². The van der Waals surface area contributed by atoms with Crippen LogP contribution in [0, 0.1) is 0 Å². The van der Waals surface area contributed by atoms with Crippen LogP contribution in [-0.2, 0) is 0 Å². The number of benzene rings is 1. The van der Waals surface area contributed by atoms with Crippen molar-refractivity contribution < 1.29 is 0 Å². The molecule has 138 valence electrons. The number of hydrogen-bond acceptors (Lipinski definition) is 5. The van der Waals surface area contributed by atoms with Crippen molar-refractivity contribution in [3.05, 3.63) is 35.9 Å². The maximum absolute atomic E-state index is 5.98. The summed E-state index contributed by atoms with van der Waals surface area (Å²) in [6, 6.07) is 11.4. The number of piperidine rings is 1. The molecule has 3 heterocycles. The molecule has 26 heavy (non-hydrogen) atoms. The normalized spacial score (nSPS) is 19.7. The maximum atomic E-state index is 5.98. The van der Waals surface area contributed by atoms with Gasteiger partial charge in [0.1, 0.15) is 5.82 Å². The highest BCUT2D eigenvalue weighted by Gasteiger charge is 2.19. The lowest BCUT2D eigenvalue weighted by molar-refractivity contribution is 0.175. The summed E-state index contributed by atoms with van der Waals surface area (Å²) in [6.07, 6.45) is 6.46. The molecule has 2 fully saturated rings. The van der Waals surface area contributed by atoms with Gasteiger partial charge in [0.2, 0.25) is 5.95 Å². The van der Waals surface area contributed by atoms with Crippen LogP contribution in [0.15, 0.2) is 30.3 Å². The van der Waals surface area contributed by atoms with Gasteiger partial charge in [0.15, 0.2) is 0 Å². The smallest absolute Gasteiger partial charge is 0.222 e. The predicted octanol–water partition coefficient (Wildman–Crippen LogP) is 3.87. The van der Waals surface area contributed by atoms with Crippen molar-refractivity contribution in [3.63, 3.8) is 0 Å². The van der Waals surface area contributed by atoms with Gasteiger partial charge in [-0.1, -0.05) is 30.7 Å². The fourth-order valence-corrected chi connectivity index (χ4v) is 4.16. The van der Waals surface area contributed by atoms with Crippen molar-refractivity contribution in [2.75, 3.05) is 36.8 Å². The maximum Gasteiger partial charge on any atom is 0.222 e. The van der Waals surface area contributed by atoms with Crippen molar-refractivity contribution >= 4 is 11.8 Å². The predicted molar refractivity (Wildman–Crippen MR) is 107 cm³/mol. The molecule has 0 amide bonds. The minimum atomic E-state index is 0.357. The second-order valence-corrected chi connectivity index (χ2v) is 7.56. The van der Waals surface area contributed by atoms with Gasteiger partial charge < -0.3 is 10.6 Å². The lowest BCUT2D eigenvalue weighted by Gasteiger charge is -2.32. The van der Waals surface area contributed by atoms with Crippen LogP contribution in [0.25, 0.3) is 11.3 Å². The summed E-state index contributed by atoms with van der Waals surface area (Å²) < 4.78 is 0. The topological polar surface area (TPSA) is 58.3 Å². The third kappa shape index (κ3) is 3.68. The Balaban J connectivity index is 1.54. The molecule has 2 aliphatic heterocycles. The molecule has 0 unspecified atom stereocenters. The molecule has 2 aromatic rings. The number of nitrogens with two attached hydrogens (primary N) is 1. The molecular weight excluding hydrogens is 322 g/mol. The molecule has 0 spiro atoms. The van der Waals surface area contributed by atoms with Gasteiger partial charge in [-0.2, -0.15) is 4.98 Å². The van der Waals surface area contributed by atoms with E-state index in [1.165, 1.54) is 50.8 Å². The molecule has 1 aromatic heterocycles. The standard InChI is InChI=1S/C21H29N5/c1-16(25-11-3-2-4-12-25)17-7-9-18(10-8-17)19-15-20(24-21(22)23-19)26-13-5-6-14-26/h7-10,15-16H,2-6,11-14H2,1H3,(H2,22,23,24)/t16-/m1/s1. The van der Waals surface area contributed by atoms with E-state index in [2.05, 4.69) is 57.0 Å². The molecule has 0 radical (unpaired) electrons. The molecule has 2 aliphatic rings. The highest BCUT2D eigenvalue weighted by Crippen LogP contribution is 2.28. The number of hydrogen-bond donors (Lipinski definition) is 1. The first kappa shape index (κ1) is 17.3. The van der Waals surface area contributed by atoms with E-state index in [1.54, 1.807) is 0 Å². The Morgan fingerprint density at radius 2 is 1.54 bits per heavy atom. The molecule has 5 heteroatoms. The lowest BCUT2D eigenvalue weighted by atomic mass is 10.0. The highest BCUT2D eigenvalue weighted by atomic mass is 15.2. The SMILES string of the molecule is C[C@H](c1ccc(-c2cc(N3CCCC3)nc(N)n2)cc1)N1CCCCC1. The van der Waals surface area contributed by atoms with Gasteiger partial charge in [-0.05, 0) is 51.3 Å². The van der Waals surface area contributed by atoms with Crippen molar-refractivity contribution in [1.29, 1.82) is 0 Å².